The Morgan fingerprint density at radius 2 is 2.00 bits per heavy atom. The van der Waals surface area contributed by atoms with E-state index in [4.69, 9.17) is 5.73 Å². The highest BCUT2D eigenvalue weighted by Crippen LogP contribution is 2.10. The van der Waals surface area contributed by atoms with Gasteiger partial charge in [0.1, 0.15) is 0 Å². The summed E-state index contributed by atoms with van der Waals surface area (Å²) in [6, 6.07) is 7.48. The summed E-state index contributed by atoms with van der Waals surface area (Å²) in [5, 5.41) is 3.91. The molecule has 15 heavy (non-hydrogen) atoms. The highest BCUT2D eigenvalue weighted by molar-refractivity contribution is 7.83. The fraction of sp³-hybridized carbons (Fsp3) is 0.100. The Morgan fingerprint density at radius 3 is 2.53 bits per heavy atom. The van der Waals surface area contributed by atoms with Crippen LogP contribution >= 0.6 is 0 Å². The van der Waals surface area contributed by atoms with Gasteiger partial charge < -0.3 is 5.73 Å². The SMILES string of the molecule is Cc1ccc(S(=O)n2cc(N)cn2)cc1. The second-order valence-corrected chi connectivity index (χ2v) is 4.58. The Labute approximate surface area is 90.3 Å². The summed E-state index contributed by atoms with van der Waals surface area (Å²) >= 11 is 0. The fourth-order valence-electron chi connectivity index (χ4n) is 1.17. The molecule has 1 heterocycles. The second kappa shape index (κ2) is 3.86. The van der Waals surface area contributed by atoms with Gasteiger partial charge in [-0.2, -0.15) is 9.19 Å². The Kier molecular flexibility index (Phi) is 2.55. The van der Waals surface area contributed by atoms with Crippen LogP contribution < -0.4 is 5.73 Å². The first-order valence-electron chi connectivity index (χ1n) is 4.46. The van der Waals surface area contributed by atoms with Gasteiger partial charge in [0.25, 0.3) is 0 Å². The molecule has 0 bridgehead atoms. The molecule has 0 saturated carbocycles. The monoisotopic (exact) mass is 221 g/mol. The van der Waals surface area contributed by atoms with Crippen molar-refractivity contribution in [2.24, 2.45) is 0 Å². The molecular formula is C10H11N3OS. The van der Waals surface area contributed by atoms with Crippen LogP contribution in [-0.2, 0) is 11.0 Å². The third-order valence-corrected chi connectivity index (χ3v) is 3.19. The lowest BCUT2D eigenvalue weighted by Crippen LogP contribution is -2.05. The maximum atomic E-state index is 11.9. The van der Waals surface area contributed by atoms with Gasteiger partial charge in [-0.05, 0) is 19.1 Å². The van der Waals surface area contributed by atoms with E-state index >= 15 is 0 Å². The van der Waals surface area contributed by atoms with Crippen LogP contribution in [0.1, 0.15) is 5.56 Å². The summed E-state index contributed by atoms with van der Waals surface area (Å²) in [6.07, 6.45) is 3.03. The van der Waals surface area contributed by atoms with Gasteiger partial charge >= 0.3 is 0 Å². The summed E-state index contributed by atoms with van der Waals surface area (Å²) in [4.78, 5) is 0.712. The molecule has 4 nitrogen and oxygen atoms in total. The van der Waals surface area contributed by atoms with Gasteiger partial charge in [-0.1, -0.05) is 17.7 Å². The Hall–Kier alpha value is -1.62. The van der Waals surface area contributed by atoms with E-state index in [1.54, 1.807) is 6.20 Å². The number of aryl methyl sites for hydroxylation is 1. The van der Waals surface area contributed by atoms with E-state index in [9.17, 15) is 4.21 Å². The molecule has 2 rings (SSSR count). The Bertz CT molecular complexity index is 490. The number of nitrogens with two attached hydrogens (primary N) is 1. The molecule has 2 aromatic rings. The van der Waals surface area contributed by atoms with Crippen LogP contribution in [0.15, 0.2) is 41.6 Å². The van der Waals surface area contributed by atoms with E-state index in [0.29, 0.717) is 10.6 Å². The number of anilines is 1. The quantitative estimate of drug-likeness (QED) is 0.832. The van der Waals surface area contributed by atoms with Gasteiger partial charge in [0.2, 0.25) is 0 Å². The summed E-state index contributed by atoms with van der Waals surface area (Å²) in [6.45, 7) is 1.98. The molecule has 0 spiro atoms. The summed E-state index contributed by atoms with van der Waals surface area (Å²) in [7, 11) is -1.31. The molecular weight excluding hydrogens is 210 g/mol. The number of aromatic nitrogens is 2. The van der Waals surface area contributed by atoms with Crippen molar-refractivity contribution in [3.05, 3.63) is 42.2 Å². The molecule has 5 heteroatoms. The number of rotatable bonds is 2. The van der Waals surface area contributed by atoms with Crippen molar-refractivity contribution >= 4 is 16.7 Å². The van der Waals surface area contributed by atoms with Crippen molar-refractivity contribution in [2.75, 3.05) is 5.73 Å². The second-order valence-electron chi connectivity index (χ2n) is 3.24. The van der Waals surface area contributed by atoms with Crippen molar-refractivity contribution in [1.29, 1.82) is 0 Å². The molecule has 1 unspecified atom stereocenters. The highest BCUT2D eigenvalue weighted by atomic mass is 32.2. The van der Waals surface area contributed by atoms with Crippen molar-refractivity contribution < 1.29 is 4.21 Å². The molecule has 1 atom stereocenters. The van der Waals surface area contributed by atoms with E-state index in [-0.39, 0.29) is 0 Å². The maximum absolute atomic E-state index is 11.9. The molecule has 0 aliphatic carbocycles. The average molecular weight is 221 g/mol. The summed E-state index contributed by atoms with van der Waals surface area (Å²) < 4.78 is 13.3. The van der Waals surface area contributed by atoms with E-state index in [0.717, 1.165) is 5.56 Å². The molecule has 0 aliphatic rings. The lowest BCUT2D eigenvalue weighted by Gasteiger charge is -2.01. The zero-order chi connectivity index (χ0) is 10.8. The van der Waals surface area contributed by atoms with Crippen LogP contribution in [-0.4, -0.2) is 13.4 Å². The van der Waals surface area contributed by atoms with Gasteiger partial charge in [0.15, 0.2) is 11.0 Å². The van der Waals surface area contributed by atoms with Gasteiger partial charge in [-0.25, -0.2) is 4.21 Å². The van der Waals surface area contributed by atoms with Crippen LogP contribution in [0, 0.1) is 6.92 Å². The third-order valence-electron chi connectivity index (χ3n) is 1.97. The van der Waals surface area contributed by atoms with Crippen LogP contribution in [0.25, 0.3) is 0 Å². The molecule has 0 aliphatic heterocycles. The van der Waals surface area contributed by atoms with Crippen molar-refractivity contribution in [3.63, 3.8) is 0 Å². The molecule has 0 fully saturated rings. The predicted octanol–water partition coefficient (Wildman–Crippen LogP) is 1.34. The third kappa shape index (κ3) is 2.07. The number of benzene rings is 1. The average Bonchev–Trinajstić information content (AvgIpc) is 2.65. The minimum absolute atomic E-state index is 0.510. The lowest BCUT2D eigenvalue weighted by molar-refractivity contribution is 0.671. The molecule has 1 aromatic heterocycles. The van der Waals surface area contributed by atoms with Gasteiger partial charge in [0, 0.05) is 0 Å². The van der Waals surface area contributed by atoms with Crippen molar-refractivity contribution in [2.45, 2.75) is 11.8 Å². The zero-order valence-electron chi connectivity index (χ0n) is 8.25. The molecule has 0 saturated heterocycles. The zero-order valence-corrected chi connectivity index (χ0v) is 9.07. The highest BCUT2D eigenvalue weighted by Gasteiger charge is 2.06. The van der Waals surface area contributed by atoms with Crippen molar-refractivity contribution in [1.82, 2.24) is 9.19 Å². The molecule has 78 valence electrons. The first-order chi connectivity index (χ1) is 7.16. The molecule has 2 N–H and O–H groups in total. The van der Waals surface area contributed by atoms with E-state index in [2.05, 4.69) is 5.10 Å². The van der Waals surface area contributed by atoms with Crippen LogP contribution in [0.2, 0.25) is 0 Å². The molecule has 0 radical (unpaired) electrons. The predicted molar refractivity (Wildman–Crippen MR) is 59.6 cm³/mol. The fourth-order valence-corrected chi connectivity index (χ4v) is 2.11. The molecule has 0 amide bonds. The maximum Gasteiger partial charge on any atom is 0.173 e. The first-order valence-corrected chi connectivity index (χ1v) is 5.56. The standard InChI is InChI=1S/C10H11N3OS/c1-8-2-4-10(5-3-8)15(14)13-7-9(11)6-12-13/h2-7H,11H2,1H3. The van der Waals surface area contributed by atoms with Gasteiger partial charge in [-0.15, -0.1) is 0 Å². The topological polar surface area (TPSA) is 60.9 Å². The lowest BCUT2D eigenvalue weighted by atomic mass is 10.2. The summed E-state index contributed by atoms with van der Waals surface area (Å²) in [5.41, 5.74) is 7.15. The first kappa shape index (κ1) is 9.92. The van der Waals surface area contributed by atoms with Gasteiger partial charge in [-0.3, -0.25) is 0 Å². The van der Waals surface area contributed by atoms with Crippen LogP contribution in [0.4, 0.5) is 5.69 Å². The number of nitrogens with zero attached hydrogens (tertiary/aromatic N) is 2. The minimum atomic E-state index is -1.31. The largest absolute Gasteiger partial charge is 0.396 e. The Morgan fingerprint density at radius 1 is 1.33 bits per heavy atom. The van der Waals surface area contributed by atoms with E-state index in [1.807, 2.05) is 31.2 Å². The van der Waals surface area contributed by atoms with Gasteiger partial charge in [0.05, 0.1) is 23.0 Å². The smallest absolute Gasteiger partial charge is 0.173 e. The number of hydrogen-bond acceptors (Lipinski definition) is 3. The molecule has 1 aromatic carbocycles. The van der Waals surface area contributed by atoms with Crippen molar-refractivity contribution in [3.8, 4) is 0 Å². The number of hydrogen-bond donors (Lipinski definition) is 1. The summed E-state index contributed by atoms with van der Waals surface area (Å²) in [5.74, 6) is 0. The minimum Gasteiger partial charge on any atom is -0.396 e. The van der Waals surface area contributed by atoms with E-state index < -0.39 is 11.0 Å². The Balaban J connectivity index is 2.32. The van der Waals surface area contributed by atoms with Crippen LogP contribution in [0.5, 0.6) is 0 Å². The number of nitrogen functional groups attached to an aromatic ring is 1. The van der Waals surface area contributed by atoms with E-state index in [1.165, 1.54) is 10.3 Å². The normalized spacial score (nSPS) is 12.6. The van der Waals surface area contributed by atoms with Crippen LogP contribution in [0.3, 0.4) is 0 Å².